The number of ether oxygens (including phenoxy) is 1. The van der Waals surface area contributed by atoms with Crippen molar-refractivity contribution in [3.8, 4) is 5.75 Å². The molecule has 0 N–H and O–H groups in total. The Morgan fingerprint density at radius 1 is 1.08 bits per heavy atom. The largest absolute Gasteiger partial charge is 0.481 e. The van der Waals surface area contributed by atoms with Crippen molar-refractivity contribution in [1.29, 1.82) is 0 Å². The molecule has 0 radical (unpaired) electrons. The molecule has 138 valence electrons. The number of anilines is 1. The van der Waals surface area contributed by atoms with E-state index in [0.717, 1.165) is 40.7 Å². The second-order valence-electron chi connectivity index (χ2n) is 6.75. The Balaban J connectivity index is 1.58. The molecule has 0 saturated carbocycles. The maximum atomic E-state index is 12.8. The molecule has 3 rings (SSSR count). The van der Waals surface area contributed by atoms with Gasteiger partial charge in [0, 0.05) is 36.9 Å². The number of carbonyl (C=O) groups is 1. The van der Waals surface area contributed by atoms with Crippen molar-refractivity contribution in [3.63, 3.8) is 0 Å². The fraction of sp³-hybridized carbons (Fsp3) is 0.381. The van der Waals surface area contributed by atoms with Crippen LogP contribution in [0, 0.1) is 13.8 Å². The lowest BCUT2D eigenvalue weighted by Gasteiger charge is -2.37. The number of hydrogen-bond donors (Lipinski definition) is 0. The molecule has 2 aromatic carbocycles. The third-order valence-corrected chi connectivity index (χ3v) is 5.21. The molecule has 5 heteroatoms. The minimum Gasteiger partial charge on any atom is -0.481 e. The van der Waals surface area contributed by atoms with Gasteiger partial charge in [0.25, 0.3) is 5.91 Å². The summed E-state index contributed by atoms with van der Waals surface area (Å²) in [7, 11) is 0. The number of halogens is 1. The third kappa shape index (κ3) is 4.13. The van der Waals surface area contributed by atoms with E-state index in [-0.39, 0.29) is 5.91 Å². The van der Waals surface area contributed by atoms with Gasteiger partial charge in [-0.1, -0.05) is 29.8 Å². The number of benzene rings is 2. The molecule has 1 atom stereocenters. The highest BCUT2D eigenvalue weighted by atomic mass is 35.5. The third-order valence-electron chi connectivity index (χ3n) is 4.97. The number of aryl methyl sites for hydroxylation is 1. The van der Waals surface area contributed by atoms with Crippen LogP contribution in [0.4, 0.5) is 5.69 Å². The normalized spacial score (nSPS) is 15.7. The van der Waals surface area contributed by atoms with E-state index in [1.807, 2.05) is 62.1 Å². The van der Waals surface area contributed by atoms with Gasteiger partial charge in [-0.05, 0) is 56.2 Å². The van der Waals surface area contributed by atoms with Gasteiger partial charge in [-0.15, -0.1) is 0 Å². The van der Waals surface area contributed by atoms with Crippen molar-refractivity contribution in [3.05, 3.63) is 58.6 Å². The molecule has 0 unspecified atom stereocenters. The van der Waals surface area contributed by atoms with Gasteiger partial charge < -0.3 is 14.5 Å². The zero-order chi connectivity index (χ0) is 18.7. The molecule has 0 bridgehead atoms. The van der Waals surface area contributed by atoms with Crippen LogP contribution in [0.1, 0.15) is 18.1 Å². The number of carbonyl (C=O) groups excluding carboxylic acids is 1. The fourth-order valence-corrected chi connectivity index (χ4v) is 3.39. The van der Waals surface area contributed by atoms with E-state index in [0.29, 0.717) is 13.1 Å². The van der Waals surface area contributed by atoms with E-state index in [9.17, 15) is 4.79 Å². The van der Waals surface area contributed by atoms with E-state index in [1.165, 1.54) is 0 Å². The Labute approximate surface area is 160 Å². The maximum absolute atomic E-state index is 12.8. The molecular formula is C21H25ClN2O2. The lowest BCUT2D eigenvalue weighted by Crippen LogP contribution is -2.52. The summed E-state index contributed by atoms with van der Waals surface area (Å²) in [4.78, 5) is 16.9. The second kappa shape index (κ2) is 8.00. The second-order valence-corrected chi connectivity index (χ2v) is 7.19. The Morgan fingerprint density at radius 2 is 1.77 bits per heavy atom. The van der Waals surface area contributed by atoms with Crippen molar-refractivity contribution in [2.75, 3.05) is 31.1 Å². The first kappa shape index (κ1) is 18.6. The highest BCUT2D eigenvalue weighted by molar-refractivity contribution is 6.30. The van der Waals surface area contributed by atoms with Gasteiger partial charge >= 0.3 is 0 Å². The lowest BCUT2D eigenvalue weighted by atomic mass is 10.1. The summed E-state index contributed by atoms with van der Waals surface area (Å²) in [5.41, 5.74) is 3.35. The van der Waals surface area contributed by atoms with E-state index in [2.05, 4.69) is 11.0 Å². The smallest absolute Gasteiger partial charge is 0.263 e. The van der Waals surface area contributed by atoms with Gasteiger partial charge in [-0.3, -0.25) is 4.79 Å². The van der Waals surface area contributed by atoms with Crippen LogP contribution >= 0.6 is 11.6 Å². The van der Waals surface area contributed by atoms with Gasteiger partial charge in [0.15, 0.2) is 6.10 Å². The Hall–Kier alpha value is -2.20. The van der Waals surface area contributed by atoms with Gasteiger partial charge in [-0.25, -0.2) is 0 Å². The zero-order valence-electron chi connectivity index (χ0n) is 15.5. The van der Waals surface area contributed by atoms with Crippen molar-refractivity contribution in [2.45, 2.75) is 26.9 Å². The first-order valence-corrected chi connectivity index (χ1v) is 9.35. The molecule has 0 aliphatic carbocycles. The highest BCUT2D eigenvalue weighted by Crippen LogP contribution is 2.23. The Bertz CT molecular complexity index is 785. The molecule has 1 fully saturated rings. The fourth-order valence-electron chi connectivity index (χ4n) is 3.21. The highest BCUT2D eigenvalue weighted by Gasteiger charge is 2.26. The van der Waals surface area contributed by atoms with Crippen LogP contribution in [-0.2, 0) is 4.79 Å². The van der Waals surface area contributed by atoms with Crippen LogP contribution < -0.4 is 9.64 Å². The van der Waals surface area contributed by atoms with Crippen LogP contribution in [0.15, 0.2) is 42.5 Å². The first-order valence-electron chi connectivity index (χ1n) is 8.98. The molecule has 1 aliphatic heterocycles. The van der Waals surface area contributed by atoms with Gasteiger partial charge in [0.05, 0.1) is 0 Å². The molecule has 26 heavy (non-hydrogen) atoms. The summed E-state index contributed by atoms with van der Waals surface area (Å²) in [6.45, 7) is 8.85. The molecule has 0 aromatic heterocycles. The number of hydrogen-bond acceptors (Lipinski definition) is 3. The van der Waals surface area contributed by atoms with Crippen LogP contribution in [0.5, 0.6) is 5.75 Å². The predicted octanol–water partition coefficient (Wildman–Crippen LogP) is 4.07. The molecule has 0 spiro atoms. The van der Waals surface area contributed by atoms with E-state index < -0.39 is 6.10 Å². The van der Waals surface area contributed by atoms with Crippen LogP contribution in [0.3, 0.4) is 0 Å². The molecule has 2 aromatic rings. The van der Waals surface area contributed by atoms with E-state index >= 15 is 0 Å². The zero-order valence-corrected chi connectivity index (χ0v) is 16.3. The lowest BCUT2D eigenvalue weighted by molar-refractivity contribution is -0.138. The summed E-state index contributed by atoms with van der Waals surface area (Å²) in [6.07, 6.45) is -0.492. The number of rotatable bonds is 4. The topological polar surface area (TPSA) is 32.8 Å². The Morgan fingerprint density at radius 3 is 2.46 bits per heavy atom. The number of amides is 1. The van der Waals surface area contributed by atoms with Crippen molar-refractivity contribution < 1.29 is 9.53 Å². The SMILES string of the molecule is Cc1cccc(O[C@@H](C)C(=O)N2CCN(c3cccc(Cl)c3)CC2)c1C. The minimum atomic E-state index is -0.492. The van der Waals surface area contributed by atoms with Crippen molar-refractivity contribution in [1.82, 2.24) is 4.90 Å². The van der Waals surface area contributed by atoms with Gasteiger partial charge in [0.2, 0.25) is 0 Å². The summed E-state index contributed by atoms with van der Waals surface area (Å²) in [6, 6.07) is 13.8. The monoisotopic (exact) mass is 372 g/mol. The van der Waals surface area contributed by atoms with Crippen LogP contribution in [-0.4, -0.2) is 43.1 Å². The summed E-state index contributed by atoms with van der Waals surface area (Å²) in [5.74, 6) is 0.820. The Kier molecular flexibility index (Phi) is 5.72. The average molecular weight is 373 g/mol. The molecule has 4 nitrogen and oxygen atoms in total. The van der Waals surface area contributed by atoms with Gasteiger partial charge in [0.1, 0.15) is 5.75 Å². The standard InChI is InChI=1S/C21H25ClN2O2/c1-15-6-4-9-20(16(15)2)26-17(3)21(25)24-12-10-23(11-13-24)19-8-5-7-18(22)14-19/h4-9,14,17H,10-13H2,1-3H3/t17-/m0/s1. The predicted molar refractivity (Wildman–Crippen MR) is 106 cm³/mol. The molecular weight excluding hydrogens is 348 g/mol. The summed E-state index contributed by atoms with van der Waals surface area (Å²) < 4.78 is 5.95. The van der Waals surface area contributed by atoms with E-state index in [1.54, 1.807) is 0 Å². The van der Waals surface area contributed by atoms with Crippen LogP contribution in [0.2, 0.25) is 5.02 Å². The summed E-state index contributed by atoms with van der Waals surface area (Å²) in [5, 5.41) is 0.733. The number of piperazine rings is 1. The molecule has 1 heterocycles. The van der Waals surface area contributed by atoms with E-state index in [4.69, 9.17) is 16.3 Å². The van der Waals surface area contributed by atoms with Crippen molar-refractivity contribution in [2.24, 2.45) is 0 Å². The quantitative estimate of drug-likeness (QED) is 0.810. The van der Waals surface area contributed by atoms with Crippen LogP contribution in [0.25, 0.3) is 0 Å². The van der Waals surface area contributed by atoms with Crippen molar-refractivity contribution >= 4 is 23.2 Å². The number of nitrogens with zero attached hydrogens (tertiary/aromatic N) is 2. The molecule has 1 amide bonds. The first-order chi connectivity index (χ1) is 12.5. The minimum absolute atomic E-state index is 0.0386. The molecule has 1 aliphatic rings. The average Bonchev–Trinajstić information content (AvgIpc) is 2.65. The molecule has 1 saturated heterocycles. The van der Waals surface area contributed by atoms with Gasteiger partial charge in [-0.2, -0.15) is 0 Å². The summed E-state index contributed by atoms with van der Waals surface area (Å²) >= 11 is 6.08. The maximum Gasteiger partial charge on any atom is 0.263 e.